The molecule has 0 amide bonds. The van der Waals surface area contributed by atoms with Gasteiger partial charge < -0.3 is 0 Å². The van der Waals surface area contributed by atoms with E-state index in [-0.39, 0.29) is 0 Å². The van der Waals surface area contributed by atoms with Gasteiger partial charge in [-0.2, -0.15) is 0 Å². The summed E-state index contributed by atoms with van der Waals surface area (Å²) in [5.41, 5.74) is 11.9. The molecule has 10 aromatic rings. The molecule has 2 aromatic heterocycles. The molecule has 0 unspecified atom stereocenters. The van der Waals surface area contributed by atoms with E-state index >= 15 is 0 Å². The van der Waals surface area contributed by atoms with Gasteiger partial charge in [-0.15, -0.1) is 0 Å². The van der Waals surface area contributed by atoms with Gasteiger partial charge >= 0.3 is 0 Å². The summed E-state index contributed by atoms with van der Waals surface area (Å²) in [5.74, 6) is 0.703. The Hall–Kier alpha value is -6.97. The zero-order chi connectivity index (χ0) is 34.4. The van der Waals surface area contributed by atoms with Crippen molar-refractivity contribution in [3.8, 4) is 67.3 Å². The SMILES string of the molecule is c1ccc(-c2nc(-c3ccc(-c4ccc(-c5ccc6ccc7cccc8ccc5c6c78)cc4)cc3)cc(-c3cccc(-c4ccncc4)c3)n2)cc1. The fourth-order valence-corrected chi connectivity index (χ4v) is 7.52. The van der Waals surface area contributed by atoms with Gasteiger partial charge in [-0.25, -0.2) is 9.97 Å². The van der Waals surface area contributed by atoms with Gasteiger partial charge in [-0.05, 0) is 90.0 Å². The monoisotopic (exact) mass is 661 g/mol. The predicted molar refractivity (Wildman–Crippen MR) is 216 cm³/mol. The summed E-state index contributed by atoms with van der Waals surface area (Å²) >= 11 is 0. The van der Waals surface area contributed by atoms with Gasteiger partial charge in [-0.1, -0.05) is 152 Å². The highest BCUT2D eigenvalue weighted by molar-refractivity contribution is 6.25. The molecule has 10 rings (SSSR count). The Bertz CT molecular complexity index is 2850. The standard InChI is InChI=1S/C49H31N3/c1-2-6-40(7-3-1)49-51-45(31-46(52-49)42-11-5-10-41(30-42)34-26-28-50-29-27-34)36-18-14-33(15-19-36)32-12-16-35(17-13-32)43-24-22-39-21-20-37-8-4-9-38-23-25-44(43)48(39)47(37)38/h1-31H. The highest BCUT2D eigenvalue weighted by atomic mass is 14.9. The average molecular weight is 662 g/mol. The van der Waals surface area contributed by atoms with Crippen LogP contribution >= 0.6 is 0 Å². The summed E-state index contributed by atoms with van der Waals surface area (Å²) in [6.07, 6.45) is 3.65. The Morgan fingerprint density at radius 2 is 0.846 bits per heavy atom. The lowest BCUT2D eigenvalue weighted by Gasteiger charge is -2.14. The van der Waals surface area contributed by atoms with E-state index in [1.165, 1.54) is 49.0 Å². The van der Waals surface area contributed by atoms with Crippen LogP contribution in [0.25, 0.3) is 99.6 Å². The maximum Gasteiger partial charge on any atom is 0.160 e. The fourth-order valence-electron chi connectivity index (χ4n) is 7.52. The maximum absolute atomic E-state index is 5.06. The minimum absolute atomic E-state index is 0.703. The van der Waals surface area contributed by atoms with E-state index in [0.717, 1.165) is 44.8 Å². The highest BCUT2D eigenvalue weighted by Gasteiger charge is 2.14. The van der Waals surface area contributed by atoms with Crippen molar-refractivity contribution in [2.75, 3.05) is 0 Å². The number of hydrogen-bond acceptors (Lipinski definition) is 3. The first-order valence-electron chi connectivity index (χ1n) is 17.6. The molecule has 0 radical (unpaired) electrons. The molecule has 242 valence electrons. The second kappa shape index (κ2) is 12.4. The van der Waals surface area contributed by atoms with Gasteiger partial charge in [0, 0.05) is 29.1 Å². The van der Waals surface area contributed by atoms with Crippen LogP contribution in [0.15, 0.2) is 188 Å². The molecular weight excluding hydrogens is 631 g/mol. The first-order chi connectivity index (χ1) is 25.7. The van der Waals surface area contributed by atoms with Crippen LogP contribution in [-0.4, -0.2) is 15.0 Å². The molecular formula is C49H31N3. The molecule has 0 atom stereocenters. The summed E-state index contributed by atoms with van der Waals surface area (Å²) in [7, 11) is 0. The van der Waals surface area contributed by atoms with Crippen molar-refractivity contribution in [3.05, 3.63) is 188 Å². The van der Waals surface area contributed by atoms with Gasteiger partial charge in [0.1, 0.15) is 0 Å². The molecule has 0 saturated heterocycles. The van der Waals surface area contributed by atoms with Crippen molar-refractivity contribution in [2.24, 2.45) is 0 Å². The molecule has 0 spiro atoms. The first-order valence-corrected chi connectivity index (χ1v) is 17.6. The third kappa shape index (κ3) is 5.28. The van der Waals surface area contributed by atoms with Gasteiger partial charge in [0.05, 0.1) is 11.4 Å². The third-order valence-electron chi connectivity index (χ3n) is 10.2. The first kappa shape index (κ1) is 29.9. The van der Waals surface area contributed by atoms with Crippen LogP contribution in [-0.2, 0) is 0 Å². The summed E-state index contributed by atoms with van der Waals surface area (Å²) in [4.78, 5) is 14.3. The van der Waals surface area contributed by atoms with Gasteiger partial charge in [-0.3, -0.25) is 4.98 Å². The zero-order valence-electron chi connectivity index (χ0n) is 28.2. The number of hydrogen-bond donors (Lipinski definition) is 0. The quantitative estimate of drug-likeness (QED) is 0.166. The summed E-state index contributed by atoms with van der Waals surface area (Å²) in [6.45, 7) is 0. The molecule has 0 aliphatic rings. The maximum atomic E-state index is 5.06. The van der Waals surface area contributed by atoms with Crippen molar-refractivity contribution in [1.29, 1.82) is 0 Å². The Morgan fingerprint density at radius 1 is 0.308 bits per heavy atom. The molecule has 8 aromatic carbocycles. The van der Waals surface area contributed by atoms with Crippen molar-refractivity contribution in [1.82, 2.24) is 15.0 Å². The van der Waals surface area contributed by atoms with E-state index in [4.69, 9.17) is 9.97 Å². The summed E-state index contributed by atoms with van der Waals surface area (Å²) in [6, 6.07) is 62.6. The largest absolute Gasteiger partial charge is 0.265 e. The van der Waals surface area contributed by atoms with Crippen LogP contribution < -0.4 is 0 Å². The van der Waals surface area contributed by atoms with Crippen molar-refractivity contribution >= 4 is 32.3 Å². The molecule has 2 heterocycles. The molecule has 3 nitrogen and oxygen atoms in total. The Morgan fingerprint density at radius 3 is 1.58 bits per heavy atom. The Labute approximate surface area is 301 Å². The minimum atomic E-state index is 0.703. The van der Waals surface area contributed by atoms with E-state index in [2.05, 4.69) is 151 Å². The topological polar surface area (TPSA) is 38.7 Å². The fraction of sp³-hybridized carbons (Fsp3) is 0. The number of aromatic nitrogens is 3. The number of rotatable bonds is 6. The second-order valence-electron chi connectivity index (χ2n) is 13.3. The zero-order valence-corrected chi connectivity index (χ0v) is 28.2. The van der Waals surface area contributed by atoms with Crippen molar-refractivity contribution in [2.45, 2.75) is 0 Å². The number of nitrogens with zero attached hydrogens (tertiary/aromatic N) is 3. The van der Waals surface area contributed by atoms with Crippen LogP contribution in [0.4, 0.5) is 0 Å². The highest BCUT2D eigenvalue weighted by Crippen LogP contribution is 2.40. The van der Waals surface area contributed by atoms with Gasteiger partial charge in [0.25, 0.3) is 0 Å². The average Bonchev–Trinajstić information content (AvgIpc) is 3.23. The smallest absolute Gasteiger partial charge is 0.160 e. The molecule has 0 fully saturated rings. The van der Waals surface area contributed by atoms with Crippen LogP contribution in [0.3, 0.4) is 0 Å². The normalized spacial score (nSPS) is 11.5. The lowest BCUT2D eigenvalue weighted by atomic mass is 9.89. The van der Waals surface area contributed by atoms with E-state index in [0.29, 0.717) is 5.82 Å². The van der Waals surface area contributed by atoms with E-state index in [1.54, 1.807) is 0 Å². The summed E-state index contributed by atoms with van der Waals surface area (Å²) < 4.78 is 0. The molecule has 3 heteroatoms. The lowest BCUT2D eigenvalue weighted by molar-refractivity contribution is 1.18. The minimum Gasteiger partial charge on any atom is -0.265 e. The predicted octanol–water partition coefficient (Wildman–Crippen LogP) is 12.8. The molecule has 0 aliphatic carbocycles. The van der Waals surface area contributed by atoms with Gasteiger partial charge in [0.2, 0.25) is 0 Å². The molecule has 0 saturated carbocycles. The van der Waals surface area contributed by atoms with Crippen LogP contribution in [0.1, 0.15) is 0 Å². The van der Waals surface area contributed by atoms with Crippen LogP contribution in [0.5, 0.6) is 0 Å². The molecule has 52 heavy (non-hydrogen) atoms. The number of pyridine rings is 1. The van der Waals surface area contributed by atoms with Crippen LogP contribution in [0.2, 0.25) is 0 Å². The van der Waals surface area contributed by atoms with Crippen molar-refractivity contribution < 1.29 is 0 Å². The summed E-state index contributed by atoms with van der Waals surface area (Å²) in [5, 5.41) is 7.85. The van der Waals surface area contributed by atoms with E-state index in [9.17, 15) is 0 Å². The molecule has 0 aliphatic heterocycles. The molecule has 0 N–H and O–H groups in total. The second-order valence-corrected chi connectivity index (χ2v) is 13.3. The Balaban J connectivity index is 0.992. The van der Waals surface area contributed by atoms with E-state index in [1.807, 2.05) is 42.7 Å². The third-order valence-corrected chi connectivity index (χ3v) is 10.2. The van der Waals surface area contributed by atoms with E-state index < -0.39 is 0 Å². The van der Waals surface area contributed by atoms with Crippen LogP contribution in [0, 0.1) is 0 Å². The molecule has 0 bridgehead atoms. The lowest BCUT2D eigenvalue weighted by Crippen LogP contribution is -1.96. The van der Waals surface area contributed by atoms with Gasteiger partial charge in [0.15, 0.2) is 5.82 Å². The number of benzene rings is 8. The Kier molecular flexibility index (Phi) is 7.14. The van der Waals surface area contributed by atoms with Crippen molar-refractivity contribution in [3.63, 3.8) is 0 Å².